The number of rotatable bonds is 6. The van der Waals surface area contributed by atoms with Gasteiger partial charge in [-0.25, -0.2) is 4.98 Å². The van der Waals surface area contributed by atoms with Gasteiger partial charge in [-0.1, -0.05) is 0 Å². The second kappa shape index (κ2) is 5.93. The molecule has 2 heterocycles. The van der Waals surface area contributed by atoms with E-state index in [0.29, 0.717) is 0 Å². The summed E-state index contributed by atoms with van der Waals surface area (Å²) in [5, 5.41) is 11.0. The summed E-state index contributed by atoms with van der Waals surface area (Å²) in [6.45, 7) is 6.90. The molecule has 17 heavy (non-hydrogen) atoms. The fraction of sp³-hybridized carbons (Fsp3) is 0.500. The molecule has 0 unspecified atom stereocenters. The standard InChI is InChI=1S/C12H18N4S/c1-3-16-11(4-7-14-16)8-13-6-5-12-15-10(2)9-17-12/h4,7,9,13H,3,5-6,8H2,1-2H3. The summed E-state index contributed by atoms with van der Waals surface area (Å²) in [5.41, 5.74) is 2.36. The third-order valence-electron chi connectivity index (χ3n) is 2.59. The molecule has 0 atom stereocenters. The van der Waals surface area contributed by atoms with Crippen LogP contribution in [0.3, 0.4) is 0 Å². The minimum Gasteiger partial charge on any atom is -0.311 e. The topological polar surface area (TPSA) is 42.7 Å². The van der Waals surface area contributed by atoms with Crippen LogP contribution >= 0.6 is 11.3 Å². The summed E-state index contributed by atoms with van der Waals surface area (Å²) >= 11 is 1.74. The van der Waals surface area contributed by atoms with Crippen molar-refractivity contribution in [3.05, 3.63) is 34.0 Å². The third kappa shape index (κ3) is 3.38. The van der Waals surface area contributed by atoms with Crippen molar-refractivity contribution < 1.29 is 0 Å². The highest BCUT2D eigenvalue weighted by Gasteiger charge is 2.01. The van der Waals surface area contributed by atoms with Gasteiger partial charge in [-0.2, -0.15) is 5.10 Å². The number of nitrogens with zero attached hydrogens (tertiary/aromatic N) is 3. The van der Waals surface area contributed by atoms with Crippen molar-refractivity contribution in [1.82, 2.24) is 20.1 Å². The molecule has 0 bridgehead atoms. The summed E-state index contributed by atoms with van der Waals surface area (Å²) in [6, 6.07) is 2.06. The first-order valence-electron chi connectivity index (χ1n) is 5.92. The zero-order chi connectivity index (χ0) is 12.1. The van der Waals surface area contributed by atoms with Crippen LogP contribution in [0.25, 0.3) is 0 Å². The second-order valence-corrected chi connectivity index (χ2v) is 4.89. The van der Waals surface area contributed by atoms with Crippen LogP contribution in [-0.2, 0) is 19.5 Å². The van der Waals surface area contributed by atoms with Crippen molar-refractivity contribution in [3.63, 3.8) is 0 Å². The normalized spacial score (nSPS) is 10.9. The maximum atomic E-state index is 4.44. The van der Waals surface area contributed by atoms with Crippen molar-refractivity contribution >= 4 is 11.3 Å². The lowest BCUT2D eigenvalue weighted by Gasteiger charge is -2.05. The van der Waals surface area contributed by atoms with E-state index in [2.05, 4.69) is 33.8 Å². The van der Waals surface area contributed by atoms with E-state index in [0.717, 1.165) is 31.7 Å². The van der Waals surface area contributed by atoms with Gasteiger partial charge in [0, 0.05) is 43.3 Å². The molecule has 0 fully saturated rings. The maximum absolute atomic E-state index is 4.44. The molecule has 0 aliphatic heterocycles. The number of hydrogen-bond acceptors (Lipinski definition) is 4. The van der Waals surface area contributed by atoms with Crippen LogP contribution in [0.1, 0.15) is 23.3 Å². The number of nitrogens with one attached hydrogen (secondary N) is 1. The lowest BCUT2D eigenvalue weighted by atomic mass is 10.4. The van der Waals surface area contributed by atoms with Crippen LogP contribution in [0, 0.1) is 6.92 Å². The van der Waals surface area contributed by atoms with E-state index in [-0.39, 0.29) is 0 Å². The number of hydrogen-bond donors (Lipinski definition) is 1. The van der Waals surface area contributed by atoms with Crippen LogP contribution in [0.15, 0.2) is 17.6 Å². The van der Waals surface area contributed by atoms with E-state index < -0.39 is 0 Å². The Morgan fingerprint density at radius 2 is 2.35 bits per heavy atom. The van der Waals surface area contributed by atoms with Crippen LogP contribution in [0.5, 0.6) is 0 Å². The molecule has 0 spiro atoms. The Kier molecular flexibility index (Phi) is 4.28. The van der Waals surface area contributed by atoms with Crippen molar-refractivity contribution in [3.8, 4) is 0 Å². The Morgan fingerprint density at radius 1 is 1.47 bits per heavy atom. The van der Waals surface area contributed by atoms with Gasteiger partial charge in [0.05, 0.1) is 10.7 Å². The molecule has 2 rings (SSSR count). The Balaban J connectivity index is 1.73. The molecule has 4 nitrogen and oxygen atoms in total. The highest BCUT2D eigenvalue weighted by molar-refractivity contribution is 7.09. The molecule has 92 valence electrons. The lowest BCUT2D eigenvalue weighted by molar-refractivity contribution is 0.582. The molecule has 1 N–H and O–H groups in total. The molecular weight excluding hydrogens is 232 g/mol. The molecule has 0 aromatic carbocycles. The molecule has 0 saturated heterocycles. The van der Waals surface area contributed by atoms with Gasteiger partial charge in [-0.15, -0.1) is 11.3 Å². The van der Waals surface area contributed by atoms with Gasteiger partial charge in [0.1, 0.15) is 0 Å². The molecule has 0 radical (unpaired) electrons. The quantitative estimate of drug-likeness (QED) is 0.797. The average Bonchev–Trinajstić information content (AvgIpc) is 2.93. The fourth-order valence-electron chi connectivity index (χ4n) is 1.72. The van der Waals surface area contributed by atoms with Gasteiger partial charge in [-0.05, 0) is 19.9 Å². The molecular formula is C12H18N4S. The van der Waals surface area contributed by atoms with Crippen molar-refractivity contribution in [2.75, 3.05) is 6.54 Å². The Labute approximate surface area is 106 Å². The highest BCUT2D eigenvalue weighted by Crippen LogP contribution is 2.08. The smallest absolute Gasteiger partial charge is 0.0940 e. The molecule has 0 aliphatic carbocycles. The Morgan fingerprint density at radius 3 is 3.06 bits per heavy atom. The number of aromatic nitrogens is 3. The lowest BCUT2D eigenvalue weighted by Crippen LogP contribution is -2.19. The number of aryl methyl sites for hydroxylation is 2. The Bertz CT molecular complexity index is 461. The SMILES string of the molecule is CCn1nccc1CNCCc1nc(C)cs1. The summed E-state index contributed by atoms with van der Waals surface area (Å²) in [6.07, 6.45) is 2.85. The number of thiazole rings is 1. The van der Waals surface area contributed by atoms with Gasteiger partial charge in [0.25, 0.3) is 0 Å². The van der Waals surface area contributed by atoms with Gasteiger partial charge < -0.3 is 5.32 Å². The molecule has 0 aliphatic rings. The third-order valence-corrected chi connectivity index (χ3v) is 3.62. The van der Waals surface area contributed by atoms with Gasteiger partial charge >= 0.3 is 0 Å². The van der Waals surface area contributed by atoms with Crippen molar-refractivity contribution in [2.24, 2.45) is 0 Å². The largest absolute Gasteiger partial charge is 0.311 e. The Hall–Kier alpha value is -1.20. The molecule has 2 aromatic rings. The summed E-state index contributed by atoms with van der Waals surface area (Å²) in [7, 11) is 0. The summed E-state index contributed by atoms with van der Waals surface area (Å²) in [5.74, 6) is 0. The van der Waals surface area contributed by atoms with Gasteiger partial charge in [-0.3, -0.25) is 4.68 Å². The maximum Gasteiger partial charge on any atom is 0.0940 e. The van der Waals surface area contributed by atoms with E-state index in [4.69, 9.17) is 0 Å². The molecule has 0 saturated carbocycles. The predicted molar refractivity (Wildman–Crippen MR) is 70.2 cm³/mol. The first-order valence-corrected chi connectivity index (χ1v) is 6.80. The van der Waals surface area contributed by atoms with Gasteiger partial charge in [0.15, 0.2) is 0 Å². The molecule has 2 aromatic heterocycles. The van der Waals surface area contributed by atoms with E-state index in [1.54, 1.807) is 11.3 Å². The van der Waals surface area contributed by atoms with Crippen LogP contribution < -0.4 is 5.32 Å². The van der Waals surface area contributed by atoms with E-state index >= 15 is 0 Å². The van der Waals surface area contributed by atoms with E-state index in [1.807, 2.05) is 17.8 Å². The zero-order valence-electron chi connectivity index (χ0n) is 10.3. The zero-order valence-corrected chi connectivity index (χ0v) is 11.1. The minimum absolute atomic E-state index is 0.873. The van der Waals surface area contributed by atoms with Crippen LogP contribution in [-0.4, -0.2) is 21.3 Å². The predicted octanol–water partition coefficient (Wildman–Crippen LogP) is 2.00. The van der Waals surface area contributed by atoms with Crippen molar-refractivity contribution in [2.45, 2.75) is 33.4 Å². The molecule has 5 heteroatoms. The van der Waals surface area contributed by atoms with Crippen LogP contribution in [0.2, 0.25) is 0 Å². The fourth-order valence-corrected chi connectivity index (χ4v) is 2.50. The second-order valence-electron chi connectivity index (χ2n) is 3.95. The van der Waals surface area contributed by atoms with Crippen molar-refractivity contribution in [1.29, 1.82) is 0 Å². The van der Waals surface area contributed by atoms with E-state index in [1.165, 1.54) is 10.7 Å². The van der Waals surface area contributed by atoms with Crippen LogP contribution in [0.4, 0.5) is 0 Å². The molecule has 0 amide bonds. The highest BCUT2D eigenvalue weighted by atomic mass is 32.1. The summed E-state index contributed by atoms with van der Waals surface area (Å²) in [4.78, 5) is 4.44. The summed E-state index contributed by atoms with van der Waals surface area (Å²) < 4.78 is 2.01. The monoisotopic (exact) mass is 250 g/mol. The van der Waals surface area contributed by atoms with Gasteiger partial charge in [0.2, 0.25) is 0 Å². The first kappa shape index (κ1) is 12.3. The average molecular weight is 250 g/mol. The minimum atomic E-state index is 0.873. The van der Waals surface area contributed by atoms with E-state index in [9.17, 15) is 0 Å². The first-order chi connectivity index (χ1) is 8.29.